The van der Waals surface area contributed by atoms with Gasteiger partial charge in [0.2, 0.25) is 0 Å². The van der Waals surface area contributed by atoms with E-state index in [-0.39, 0.29) is 30.2 Å². The van der Waals surface area contributed by atoms with E-state index in [1.807, 2.05) is 26.8 Å². The zero-order valence-corrected chi connectivity index (χ0v) is 15.1. The van der Waals surface area contributed by atoms with Gasteiger partial charge in [-0.25, -0.2) is 4.39 Å². The largest absolute Gasteiger partial charge is 0.350 e. The van der Waals surface area contributed by atoms with Gasteiger partial charge in [-0.15, -0.1) is 23.7 Å². The number of rotatable bonds is 6. The molecular weight excluding hydrogens is 335 g/mol. The molecular formula is C17H22ClFN2OS. The third kappa shape index (κ3) is 5.30. The normalized spacial score (nSPS) is 11.7. The first-order valence-electron chi connectivity index (χ1n) is 7.39. The van der Waals surface area contributed by atoms with Gasteiger partial charge >= 0.3 is 0 Å². The molecule has 1 aromatic heterocycles. The van der Waals surface area contributed by atoms with Crippen molar-refractivity contribution in [2.45, 2.75) is 26.8 Å². The smallest absolute Gasteiger partial charge is 0.261 e. The van der Waals surface area contributed by atoms with Gasteiger partial charge in [-0.2, -0.15) is 0 Å². The van der Waals surface area contributed by atoms with Crippen LogP contribution in [0.15, 0.2) is 30.3 Å². The summed E-state index contributed by atoms with van der Waals surface area (Å²) in [4.78, 5) is 13.9. The van der Waals surface area contributed by atoms with E-state index in [0.29, 0.717) is 11.4 Å². The second kappa shape index (κ2) is 9.01. The van der Waals surface area contributed by atoms with Crippen LogP contribution in [0.2, 0.25) is 0 Å². The van der Waals surface area contributed by atoms with Crippen LogP contribution in [-0.2, 0) is 0 Å². The van der Waals surface area contributed by atoms with Gasteiger partial charge in [0, 0.05) is 17.5 Å². The van der Waals surface area contributed by atoms with Crippen LogP contribution in [0.1, 0.15) is 29.1 Å². The molecule has 1 heterocycles. The molecule has 0 aliphatic heterocycles. The molecule has 0 bridgehead atoms. The second-order valence-corrected chi connectivity index (χ2v) is 6.35. The van der Waals surface area contributed by atoms with E-state index in [4.69, 9.17) is 0 Å². The predicted molar refractivity (Wildman–Crippen MR) is 97.2 cm³/mol. The zero-order chi connectivity index (χ0) is 16.1. The van der Waals surface area contributed by atoms with Crippen molar-refractivity contribution >= 4 is 29.7 Å². The van der Waals surface area contributed by atoms with E-state index >= 15 is 0 Å². The lowest BCUT2D eigenvalue weighted by Crippen LogP contribution is -2.38. The van der Waals surface area contributed by atoms with E-state index in [2.05, 4.69) is 10.6 Å². The molecule has 1 atom stereocenters. The molecule has 23 heavy (non-hydrogen) atoms. The van der Waals surface area contributed by atoms with Crippen molar-refractivity contribution in [1.29, 1.82) is 0 Å². The van der Waals surface area contributed by atoms with Gasteiger partial charge in [0.05, 0.1) is 4.88 Å². The van der Waals surface area contributed by atoms with Crippen molar-refractivity contribution < 1.29 is 9.18 Å². The summed E-state index contributed by atoms with van der Waals surface area (Å²) in [5, 5.41) is 6.19. The van der Waals surface area contributed by atoms with Crippen LogP contribution in [0.5, 0.6) is 0 Å². The minimum absolute atomic E-state index is 0. The Hall–Kier alpha value is -1.43. The molecule has 126 valence electrons. The highest BCUT2D eigenvalue weighted by Crippen LogP contribution is 2.32. The maximum atomic E-state index is 13.0. The average Bonchev–Trinajstić information content (AvgIpc) is 2.88. The fourth-order valence-electron chi connectivity index (χ4n) is 2.24. The molecule has 0 aliphatic rings. The number of hydrogen-bond donors (Lipinski definition) is 2. The van der Waals surface area contributed by atoms with E-state index in [9.17, 15) is 9.18 Å². The molecule has 3 nitrogen and oxygen atoms in total. The zero-order valence-electron chi connectivity index (χ0n) is 13.5. The summed E-state index contributed by atoms with van der Waals surface area (Å²) in [6.07, 6.45) is 0. The molecule has 0 saturated heterocycles. The Labute approximate surface area is 146 Å². The molecule has 0 fully saturated rings. The number of nitrogens with one attached hydrogen (secondary N) is 2. The summed E-state index contributed by atoms with van der Waals surface area (Å²) >= 11 is 1.44. The Kier molecular flexibility index (Phi) is 7.68. The molecule has 0 aliphatic carbocycles. The minimum atomic E-state index is -0.256. The Morgan fingerprint density at radius 1 is 1.30 bits per heavy atom. The summed E-state index contributed by atoms with van der Waals surface area (Å²) in [6.45, 7) is 7.51. The summed E-state index contributed by atoms with van der Waals surface area (Å²) in [5.74, 6) is -0.320. The molecule has 6 heteroatoms. The maximum Gasteiger partial charge on any atom is 0.261 e. The number of aryl methyl sites for hydroxylation is 1. The summed E-state index contributed by atoms with van der Waals surface area (Å²) in [6, 6.07) is 8.48. The van der Waals surface area contributed by atoms with Crippen LogP contribution in [0.25, 0.3) is 10.4 Å². The number of thiophene rings is 1. The van der Waals surface area contributed by atoms with Crippen molar-refractivity contribution in [2.24, 2.45) is 0 Å². The van der Waals surface area contributed by atoms with Gasteiger partial charge < -0.3 is 10.6 Å². The first-order valence-corrected chi connectivity index (χ1v) is 8.21. The molecule has 0 unspecified atom stereocenters. The Morgan fingerprint density at radius 2 is 1.96 bits per heavy atom. The first kappa shape index (κ1) is 19.6. The van der Waals surface area contributed by atoms with Crippen molar-refractivity contribution in [1.82, 2.24) is 10.6 Å². The number of carbonyl (C=O) groups is 1. The van der Waals surface area contributed by atoms with Crippen LogP contribution in [0.4, 0.5) is 4.39 Å². The topological polar surface area (TPSA) is 41.1 Å². The number of amides is 1. The van der Waals surface area contributed by atoms with Crippen molar-refractivity contribution in [3.05, 3.63) is 46.6 Å². The lowest BCUT2D eigenvalue weighted by molar-refractivity contribution is 0.0954. The van der Waals surface area contributed by atoms with Gasteiger partial charge in [0.15, 0.2) is 0 Å². The summed E-state index contributed by atoms with van der Waals surface area (Å²) in [5.41, 5.74) is 1.96. The van der Waals surface area contributed by atoms with Gasteiger partial charge in [-0.3, -0.25) is 4.79 Å². The Balaban J connectivity index is 0.00000264. The number of halogens is 2. The first-order chi connectivity index (χ1) is 10.5. The van der Waals surface area contributed by atoms with Crippen molar-refractivity contribution in [2.75, 3.05) is 13.1 Å². The van der Waals surface area contributed by atoms with E-state index in [1.54, 1.807) is 12.1 Å². The van der Waals surface area contributed by atoms with Gasteiger partial charge in [0.1, 0.15) is 5.82 Å². The van der Waals surface area contributed by atoms with Gasteiger partial charge in [-0.05, 0) is 49.7 Å². The Bertz CT molecular complexity index is 643. The van der Waals surface area contributed by atoms with E-state index < -0.39 is 0 Å². The lowest BCUT2D eigenvalue weighted by Gasteiger charge is -2.12. The van der Waals surface area contributed by atoms with Crippen LogP contribution >= 0.6 is 23.7 Å². The monoisotopic (exact) mass is 356 g/mol. The third-order valence-corrected chi connectivity index (χ3v) is 4.65. The van der Waals surface area contributed by atoms with E-state index in [1.165, 1.54) is 23.5 Å². The van der Waals surface area contributed by atoms with Crippen LogP contribution in [-0.4, -0.2) is 25.0 Å². The number of likely N-dealkylation sites (N-methyl/N-ethyl adjacent to an activating group) is 1. The molecule has 0 radical (unpaired) electrons. The fourth-order valence-corrected chi connectivity index (χ4v) is 3.33. The fraction of sp³-hybridized carbons (Fsp3) is 0.353. The van der Waals surface area contributed by atoms with Gasteiger partial charge in [-0.1, -0.05) is 19.1 Å². The molecule has 0 spiro atoms. The third-order valence-electron chi connectivity index (χ3n) is 3.37. The average molecular weight is 357 g/mol. The maximum absolute atomic E-state index is 13.0. The van der Waals surface area contributed by atoms with Gasteiger partial charge in [0.25, 0.3) is 5.91 Å². The van der Waals surface area contributed by atoms with Crippen molar-refractivity contribution in [3.8, 4) is 10.4 Å². The lowest BCUT2D eigenvalue weighted by atomic mass is 10.1. The van der Waals surface area contributed by atoms with E-state index in [0.717, 1.165) is 22.5 Å². The Morgan fingerprint density at radius 3 is 2.57 bits per heavy atom. The predicted octanol–water partition coefficient (Wildman–Crippen LogP) is 4.01. The summed E-state index contributed by atoms with van der Waals surface area (Å²) in [7, 11) is 0. The number of benzene rings is 1. The molecule has 1 amide bonds. The quantitative estimate of drug-likeness (QED) is 0.821. The van der Waals surface area contributed by atoms with Crippen LogP contribution in [0, 0.1) is 12.7 Å². The number of hydrogen-bond acceptors (Lipinski definition) is 3. The molecule has 2 rings (SSSR count). The summed E-state index contributed by atoms with van der Waals surface area (Å²) < 4.78 is 13.0. The molecule has 2 N–H and O–H groups in total. The minimum Gasteiger partial charge on any atom is -0.350 e. The highest BCUT2D eigenvalue weighted by Gasteiger charge is 2.14. The van der Waals surface area contributed by atoms with Crippen LogP contribution in [0.3, 0.4) is 0 Å². The van der Waals surface area contributed by atoms with Crippen LogP contribution < -0.4 is 10.6 Å². The van der Waals surface area contributed by atoms with Crippen molar-refractivity contribution in [3.63, 3.8) is 0 Å². The molecule has 2 aromatic rings. The SMILES string of the molecule is CCN[C@H](C)CNC(=O)c1cc(C)c(-c2ccc(F)cc2)s1.Cl. The molecule has 1 aromatic carbocycles. The molecule has 0 saturated carbocycles. The second-order valence-electron chi connectivity index (χ2n) is 5.30. The highest BCUT2D eigenvalue weighted by molar-refractivity contribution is 7.17. The highest BCUT2D eigenvalue weighted by atomic mass is 35.5. The standard InChI is InChI=1S/C17H21FN2OS.ClH/c1-4-19-12(3)10-20-17(21)15-9-11(2)16(22-15)13-5-7-14(18)8-6-13;/h5-9,12,19H,4,10H2,1-3H3,(H,20,21);1H/t12-;/m1./s1. The number of carbonyl (C=O) groups excluding carboxylic acids is 1.